The van der Waals surface area contributed by atoms with Crippen LogP contribution in [0.15, 0.2) is 21.8 Å². The van der Waals surface area contributed by atoms with Gasteiger partial charge in [-0.3, -0.25) is 4.99 Å². The van der Waals surface area contributed by atoms with Gasteiger partial charge < -0.3 is 19.8 Å². The van der Waals surface area contributed by atoms with Gasteiger partial charge >= 0.3 is 0 Å². The Balaban J connectivity index is 1.58. The lowest BCUT2D eigenvalue weighted by Gasteiger charge is -2.33. The van der Waals surface area contributed by atoms with Crippen molar-refractivity contribution in [3.8, 4) is 0 Å². The van der Waals surface area contributed by atoms with Crippen molar-refractivity contribution in [2.75, 3.05) is 24.8 Å². The second-order valence-corrected chi connectivity index (χ2v) is 8.88. The Morgan fingerprint density at radius 1 is 1.28 bits per heavy atom. The first-order valence-electron chi connectivity index (χ1n) is 10.5. The summed E-state index contributed by atoms with van der Waals surface area (Å²) in [6, 6.07) is 0.508. The molecule has 158 valence electrons. The molecule has 3 heterocycles. The first-order chi connectivity index (χ1) is 14.1. The third kappa shape index (κ3) is 4.50. The largest absolute Gasteiger partial charge is 0.394 e. The normalized spacial score (nSPS) is 28.7. The van der Waals surface area contributed by atoms with Crippen LogP contribution in [0.2, 0.25) is 0 Å². The number of fused-ring (bicyclic) bond motifs is 1. The predicted octanol–water partition coefficient (Wildman–Crippen LogP) is 2.66. The molecule has 1 saturated carbocycles. The molecule has 4 rings (SSSR count). The van der Waals surface area contributed by atoms with Gasteiger partial charge in [-0.15, -0.1) is 0 Å². The summed E-state index contributed by atoms with van der Waals surface area (Å²) in [5, 5.41) is 20.0. The minimum absolute atomic E-state index is 0.168. The molecule has 1 unspecified atom stereocenters. The molecule has 7 nitrogen and oxygen atoms in total. The Kier molecular flexibility index (Phi) is 6.53. The number of anilines is 1. The second-order valence-electron chi connectivity index (χ2n) is 8.11. The molecule has 29 heavy (non-hydrogen) atoms. The summed E-state index contributed by atoms with van der Waals surface area (Å²) < 4.78 is 5.72. The number of allylic oxidation sites excluding steroid dienone is 1. The predicted molar refractivity (Wildman–Crippen MR) is 115 cm³/mol. The highest BCUT2D eigenvalue weighted by Crippen LogP contribution is 2.37. The maximum atomic E-state index is 9.96. The van der Waals surface area contributed by atoms with Crippen LogP contribution in [0, 0.1) is 0 Å². The summed E-state index contributed by atoms with van der Waals surface area (Å²) in [6.45, 7) is -0.168. The van der Waals surface area contributed by atoms with E-state index in [2.05, 4.69) is 11.9 Å². The number of hydrogen-bond donors (Lipinski definition) is 2. The van der Waals surface area contributed by atoms with Crippen LogP contribution < -0.4 is 4.90 Å². The van der Waals surface area contributed by atoms with Gasteiger partial charge in [-0.25, -0.2) is 9.97 Å². The minimum Gasteiger partial charge on any atom is -0.394 e. The van der Waals surface area contributed by atoms with Gasteiger partial charge in [-0.05, 0) is 24.7 Å². The van der Waals surface area contributed by atoms with Crippen molar-refractivity contribution in [1.29, 1.82) is 0 Å². The van der Waals surface area contributed by atoms with Crippen molar-refractivity contribution < 1.29 is 14.9 Å². The zero-order chi connectivity index (χ0) is 20.4. The standard InChI is InChI=1S/C21H30N4O3S/c1-25(14-6-4-3-5-7-14)20-19-16(23-21(24-20)29-2)9-13(11-22-19)8-15-10-17(27)18(12-26)28-15/h8,11,14-15,17-18,26-27H,3-7,9-10,12H2,1-2H3/t15?,17-,18+/m0/s1. The lowest BCUT2D eigenvalue weighted by atomic mass is 9.94. The van der Waals surface area contributed by atoms with Crippen molar-refractivity contribution in [2.24, 2.45) is 4.99 Å². The van der Waals surface area contributed by atoms with E-state index < -0.39 is 12.2 Å². The summed E-state index contributed by atoms with van der Waals surface area (Å²) in [4.78, 5) is 16.6. The molecule has 3 atom stereocenters. The van der Waals surface area contributed by atoms with Crippen LogP contribution in [0.5, 0.6) is 0 Å². The van der Waals surface area contributed by atoms with Crippen LogP contribution in [0.1, 0.15) is 44.2 Å². The van der Waals surface area contributed by atoms with Crippen LogP contribution in [-0.2, 0) is 11.2 Å². The van der Waals surface area contributed by atoms with Crippen LogP contribution in [0.25, 0.3) is 0 Å². The van der Waals surface area contributed by atoms with Gasteiger partial charge in [0.15, 0.2) is 11.0 Å². The quantitative estimate of drug-likeness (QED) is 0.561. The van der Waals surface area contributed by atoms with Crippen molar-refractivity contribution in [3.63, 3.8) is 0 Å². The number of aliphatic hydroxyl groups excluding tert-OH is 2. The average Bonchev–Trinajstić information content (AvgIpc) is 3.11. The highest BCUT2D eigenvalue weighted by molar-refractivity contribution is 7.98. The molecule has 1 aromatic rings. The van der Waals surface area contributed by atoms with E-state index in [0.29, 0.717) is 18.9 Å². The number of ether oxygens (including phenoxy) is 1. The van der Waals surface area contributed by atoms with Gasteiger partial charge in [-0.1, -0.05) is 37.1 Å². The summed E-state index contributed by atoms with van der Waals surface area (Å²) >= 11 is 1.55. The molecular weight excluding hydrogens is 388 g/mol. The van der Waals surface area contributed by atoms with E-state index in [4.69, 9.17) is 19.7 Å². The minimum atomic E-state index is -0.629. The number of nitrogens with zero attached hydrogens (tertiary/aromatic N) is 4. The van der Waals surface area contributed by atoms with Crippen LogP contribution in [0.3, 0.4) is 0 Å². The van der Waals surface area contributed by atoms with Crippen molar-refractivity contribution >= 4 is 29.5 Å². The molecule has 2 N–H and O–H groups in total. The lowest BCUT2D eigenvalue weighted by molar-refractivity contribution is -0.0107. The molecule has 0 bridgehead atoms. The fraction of sp³-hybridized carbons (Fsp3) is 0.667. The highest BCUT2D eigenvalue weighted by atomic mass is 32.2. The van der Waals surface area contributed by atoms with Gasteiger partial charge in [0.2, 0.25) is 0 Å². The maximum absolute atomic E-state index is 9.96. The Morgan fingerprint density at radius 2 is 2.07 bits per heavy atom. The van der Waals surface area contributed by atoms with E-state index in [9.17, 15) is 10.2 Å². The Labute approximate surface area is 176 Å². The number of rotatable bonds is 5. The molecule has 1 saturated heterocycles. The second kappa shape index (κ2) is 9.12. The molecule has 0 radical (unpaired) electrons. The van der Waals surface area contributed by atoms with Gasteiger partial charge in [0, 0.05) is 32.1 Å². The maximum Gasteiger partial charge on any atom is 0.189 e. The molecule has 2 fully saturated rings. The molecule has 0 spiro atoms. The smallest absolute Gasteiger partial charge is 0.189 e. The first-order valence-corrected chi connectivity index (χ1v) is 11.7. The SMILES string of the molecule is CSc1nc2c(c(N(C)C3CCCCC3)n1)N=CC(=CC1C[C@H](O)[C@@H](CO)O1)C2. The van der Waals surface area contributed by atoms with Gasteiger partial charge in [0.05, 0.1) is 24.5 Å². The van der Waals surface area contributed by atoms with Crippen LogP contribution >= 0.6 is 11.8 Å². The fourth-order valence-corrected chi connectivity index (χ4v) is 4.84. The number of aliphatic hydroxyl groups is 2. The summed E-state index contributed by atoms with van der Waals surface area (Å²) in [7, 11) is 2.13. The summed E-state index contributed by atoms with van der Waals surface area (Å²) in [6.07, 6.45) is 11.9. The van der Waals surface area contributed by atoms with E-state index in [-0.39, 0.29) is 12.7 Å². The number of aromatic nitrogens is 2. The van der Waals surface area contributed by atoms with E-state index in [1.165, 1.54) is 32.1 Å². The topological polar surface area (TPSA) is 91.1 Å². The van der Waals surface area contributed by atoms with Gasteiger partial charge in [0.1, 0.15) is 11.8 Å². The number of thioether (sulfide) groups is 1. The monoisotopic (exact) mass is 418 g/mol. The fourth-order valence-electron chi connectivity index (χ4n) is 4.46. The average molecular weight is 419 g/mol. The molecule has 3 aliphatic rings. The third-order valence-electron chi connectivity index (χ3n) is 6.12. The van der Waals surface area contributed by atoms with Gasteiger partial charge in [-0.2, -0.15) is 0 Å². The van der Waals surface area contributed by atoms with E-state index in [0.717, 1.165) is 27.9 Å². The molecule has 8 heteroatoms. The molecular formula is C21H30N4O3S. The Bertz CT molecular complexity index is 794. The van der Waals surface area contributed by atoms with Crippen molar-refractivity contribution in [1.82, 2.24) is 9.97 Å². The third-order valence-corrected chi connectivity index (χ3v) is 6.67. The summed E-state index contributed by atoms with van der Waals surface area (Å²) in [5.41, 5.74) is 2.83. The molecule has 0 amide bonds. The summed E-state index contributed by atoms with van der Waals surface area (Å²) in [5.74, 6) is 0.925. The molecule has 1 aliphatic carbocycles. The Hall–Kier alpha value is -1.48. The molecule has 1 aromatic heterocycles. The number of hydrogen-bond acceptors (Lipinski definition) is 8. The first kappa shape index (κ1) is 20.8. The van der Waals surface area contributed by atoms with E-state index >= 15 is 0 Å². The number of aliphatic imine (C=N–C) groups is 1. The van der Waals surface area contributed by atoms with E-state index in [1.54, 1.807) is 11.8 Å². The van der Waals surface area contributed by atoms with Crippen molar-refractivity contribution in [3.05, 3.63) is 17.3 Å². The lowest BCUT2D eigenvalue weighted by Crippen LogP contribution is -2.34. The van der Waals surface area contributed by atoms with Crippen LogP contribution in [-0.4, -0.2) is 70.7 Å². The van der Waals surface area contributed by atoms with Crippen LogP contribution in [0.4, 0.5) is 11.5 Å². The highest BCUT2D eigenvalue weighted by Gasteiger charge is 2.33. The molecule has 2 aliphatic heterocycles. The molecule has 0 aromatic carbocycles. The zero-order valence-corrected chi connectivity index (χ0v) is 17.9. The van der Waals surface area contributed by atoms with E-state index in [1.807, 2.05) is 18.5 Å². The Morgan fingerprint density at radius 3 is 2.76 bits per heavy atom. The van der Waals surface area contributed by atoms with Crippen molar-refractivity contribution in [2.45, 2.75) is 74.5 Å². The van der Waals surface area contributed by atoms with Gasteiger partial charge in [0.25, 0.3) is 0 Å². The zero-order valence-electron chi connectivity index (χ0n) is 17.1.